The lowest BCUT2D eigenvalue weighted by molar-refractivity contribution is -0.385. The Morgan fingerprint density at radius 3 is 2.57 bits per heavy atom. The molecule has 1 aromatic heterocycles. The minimum Gasteiger partial charge on any atom is -0.423 e. The molecule has 0 saturated carbocycles. The molecule has 1 unspecified atom stereocenters. The van der Waals surface area contributed by atoms with Crippen LogP contribution in [0, 0.1) is 10.1 Å². The van der Waals surface area contributed by atoms with Crippen LogP contribution in [0.2, 0.25) is 0 Å². The van der Waals surface area contributed by atoms with Crippen molar-refractivity contribution in [1.29, 1.82) is 0 Å². The second-order valence-electron chi connectivity index (χ2n) is 7.01. The van der Waals surface area contributed by atoms with Crippen molar-refractivity contribution in [1.82, 2.24) is 20.4 Å². The number of rotatable bonds is 6. The topological polar surface area (TPSA) is 131 Å². The van der Waals surface area contributed by atoms with Crippen LogP contribution in [0.25, 0.3) is 0 Å². The first-order valence-electron chi connectivity index (χ1n) is 9.11. The van der Waals surface area contributed by atoms with Gasteiger partial charge in [-0.1, -0.05) is 42.5 Å². The summed E-state index contributed by atoms with van der Waals surface area (Å²) in [4.78, 5) is 36.9. The molecule has 0 aliphatic carbocycles. The third-order valence-corrected chi connectivity index (χ3v) is 4.91. The van der Waals surface area contributed by atoms with Crippen molar-refractivity contribution in [3.63, 3.8) is 0 Å². The molecule has 1 atom stereocenters. The average molecular weight is 407 g/mol. The second kappa shape index (κ2) is 7.39. The number of aromatic nitrogens is 2. The zero-order valence-corrected chi connectivity index (χ0v) is 15.9. The molecule has 0 bridgehead atoms. The predicted octanol–water partition coefficient (Wildman–Crippen LogP) is 2.54. The van der Waals surface area contributed by atoms with Crippen molar-refractivity contribution in [2.24, 2.45) is 0 Å². The van der Waals surface area contributed by atoms with Gasteiger partial charge in [-0.05, 0) is 18.1 Å². The van der Waals surface area contributed by atoms with Crippen LogP contribution in [0.3, 0.4) is 0 Å². The highest BCUT2D eigenvalue weighted by Crippen LogP contribution is 2.31. The van der Waals surface area contributed by atoms with Crippen molar-refractivity contribution in [3.8, 4) is 0 Å². The zero-order valence-electron chi connectivity index (χ0n) is 15.9. The van der Waals surface area contributed by atoms with Gasteiger partial charge in [0.25, 0.3) is 11.6 Å². The number of nitrogens with one attached hydrogen (secondary N) is 1. The lowest BCUT2D eigenvalue weighted by Crippen LogP contribution is -2.40. The fraction of sp³-hybridized carbons (Fsp3) is 0.200. The molecule has 2 aromatic carbocycles. The molecule has 1 aliphatic rings. The summed E-state index contributed by atoms with van der Waals surface area (Å²) in [5.74, 6) is -0.0757. The molecule has 30 heavy (non-hydrogen) atoms. The van der Waals surface area contributed by atoms with E-state index in [1.807, 2.05) is 30.3 Å². The summed E-state index contributed by atoms with van der Waals surface area (Å²) < 4.78 is 5.59. The van der Waals surface area contributed by atoms with Crippen LogP contribution in [0.4, 0.5) is 10.5 Å². The highest BCUT2D eigenvalue weighted by Gasteiger charge is 2.49. The van der Waals surface area contributed by atoms with Crippen LogP contribution in [0.15, 0.2) is 59.0 Å². The molecule has 10 heteroatoms. The quantitative estimate of drug-likeness (QED) is 0.377. The Balaban J connectivity index is 1.52. The van der Waals surface area contributed by atoms with E-state index in [1.165, 1.54) is 25.1 Å². The lowest BCUT2D eigenvalue weighted by Gasteiger charge is -2.21. The van der Waals surface area contributed by atoms with E-state index in [1.54, 1.807) is 6.07 Å². The number of non-ortho nitro benzene ring substituents is 1. The van der Waals surface area contributed by atoms with Crippen molar-refractivity contribution in [2.45, 2.75) is 25.4 Å². The largest absolute Gasteiger partial charge is 0.423 e. The first kappa shape index (κ1) is 19.2. The third-order valence-electron chi connectivity index (χ3n) is 4.91. The number of nitro groups is 1. The van der Waals surface area contributed by atoms with Gasteiger partial charge in [0, 0.05) is 12.1 Å². The summed E-state index contributed by atoms with van der Waals surface area (Å²) in [5, 5.41) is 21.5. The molecule has 1 N–H and O–H groups in total. The third kappa shape index (κ3) is 3.50. The first-order chi connectivity index (χ1) is 14.4. The van der Waals surface area contributed by atoms with Crippen LogP contribution in [0.1, 0.15) is 29.8 Å². The fourth-order valence-electron chi connectivity index (χ4n) is 3.30. The molecule has 0 radical (unpaired) electrons. The summed E-state index contributed by atoms with van der Waals surface area (Å²) in [7, 11) is 0. The molecule has 1 aliphatic heterocycles. The van der Waals surface area contributed by atoms with Crippen molar-refractivity contribution in [2.75, 3.05) is 0 Å². The van der Waals surface area contributed by atoms with Gasteiger partial charge in [-0.3, -0.25) is 19.8 Å². The van der Waals surface area contributed by atoms with E-state index >= 15 is 0 Å². The van der Waals surface area contributed by atoms with Crippen molar-refractivity contribution >= 4 is 17.6 Å². The number of benzene rings is 2. The van der Waals surface area contributed by atoms with E-state index < -0.39 is 22.4 Å². The van der Waals surface area contributed by atoms with E-state index in [2.05, 4.69) is 15.5 Å². The Morgan fingerprint density at radius 2 is 1.83 bits per heavy atom. The summed E-state index contributed by atoms with van der Waals surface area (Å²) in [5.41, 5.74) is -0.304. The monoisotopic (exact) mass is 407 g/mol. The van der Waals surface area contributed by atoms with Crippen LogP contribution < -0.4 is 5.32 Å². The van der Waals surface area contributed by atoms with E-state index in [0.717, 1.165) is 10.5 Å². The maximum atomic E-state index is 13.0. The van der Waals surface area contributed by atoms with Gasteiger partial charge >= 0.3 is 6.03 Å². The number of hydrogen-bond acceptors (Lipinski definition) is 7. The summed E-state index contributed by atoms with van der Waals surface area (Å²) in [6, 6.07) is 14.5. The Bertz CT molecular complexity index is 1130. The van der Waals surface area contributed by atoms with Crippen LogP contribution >= 0.6 is 0 Å². The van der Waals surface area contributed by atoms with Crippen molar-refractivity contribution < 1.29 is 18.9 Å². The zero-order chi connectivity index (χ0) is 21.3. The number of nitrogens with zero attached hydrogens (tertiary/aromatic N) is 4. The number of hydrogen-bond donors (Lipinski definition) is 1. The normalized spacial score (nSPS) is 18.5. The molecule has 2 heterocycles. The van der Waals surface area contributed by atoms with Gasteiger partial charge < -0.3 is 9.73 Å². The highest BCUT2D eigenvalue weighted by molar-refractivity contribution is 6.07. The van der Waals surface area contributed by atoms with Crippen molar-refractivity contribution in [3.05, 3.63) is 87.6 Å². The molecule has 0 spiro atoms. The molecular formula is C20H17N5O5. The predicted molar refractivity (Wildman–Crippen MR) is 103 cm³/mol. The molecule has 10 nitrogen and oxygen atoms in total. The minimum atomic E-state index is -1.43. The summed E-state index contributed by atoms with van der Waals surface area (Å²) >= 11 is 0. The molecule has 1 fully saturated rings. The summed E-state index contributed by atoms with van der Waals surface area (Å²) in [6.07, 6.45) is 0.430. The molecule has 152 valence electrons. The number of amides is 3. The van der Waals surface area contributed by atoms with Gasteiger partial charge in [0.05, 0.1) is 11.3 Å². The Hall–Kier alpha value is -4.08. The molecule has 4 rings (SSSR count). The minimum absolute atomic E-state index is 0.118. The molecule has 3 aromatic rings. The van der Waals surface area contributed by atoms with E-state index in [9.17, 15) is 19.7 Å². The summed E-state index contributed by atoms with van der Waals surface area (Å²) in [6.45, 7) is 1.30. The molecule has 1 saturated heterocycles. The average Bonchev–Trinajstić information content (AvgIpc) is 3.27. The SMILES string of the molecule is CC1(c2cccc([N+](=O)[O-])c2)NC(=O)N(Cc2nnc(Cc3ccccc3)o2)C1=O. The van der Waals surface area contributed by atoms with Gasteiger partial charge in [0.1, 0.15) is 12.1 Å². The number of urea groups is 1. The van der Waals surface area contributed by atoms with Gasteiger partial charge in [0.2, 0.25) is 11.8 Å². The Morgan fingerprint density at radius 1 is 1.10 bits per heavy atom. The number of carbonyl (C=O) groups excluding carboxylic acids is 2. The number of imide groups is 1. The second-order valence-corrected chi connectivity index (χ2v) is 7.01. The van der Waals surface area contributed by atoms with Gasteiger partial charge in [-0.15, -0.1) is 10.2 Å². The van der Waals surface area contributed by atoms with E-state index in [-0.39, 0.29) is 18.1 Å². The Kier molecular flexibility index (Phi) is 4.74. The molecule has 3 amide bonds. The van der Waals surface area contributed by atoms with E-state index in [4.69, 9.17) is 4.42 Å². The number of carbonyl (C=O) groups is 2. The standard InChI is InChI=1S/C20H17N5O5/c1-20(14-8-5-9-15(11-14)25(28)29)18(26)24(19(27)21-20)12-17-23-22-16(30-17)10-13-6-3-2-4-7-13/h2-9,11H,10,12H2,1H3,(H,21,27). The van der Waals surface area contributed by atoms with Gasteiger partial charge in [0.15, 0.2) is 0 Å². The van der Waals surface area contributed by atoms with Crippen LogP contribution in [0.5, 0.6) is 0 Å². The highest BCUT2D eigenvalue weighted by atomic mass is 16.6. The number of nitro benzene ring substituents is 1. The van der Waals surface area contributed by atoms with Gasteiger partial charge in [-0.25, -0.2) is 4.79 Å². The smallest absolute Gasteiger partial charge is 0.325 e. The fourth-order valence-corrected chi connectivity index (χ4v) is 3.30. The van der Waals surface area contributed by atoms with Gasteiger partial charge in [-0.2, -0.15) is 0 Å². The van der Waals surface area contributed by atoms with Crippen LogP contribution in [-0.4, -0.2) is 32.0 Å². The van der Waals surface area contributed by atoms with E-state index in [0.29, 0.717) is 17.9 Å². The first-order valence-corrected chi connectivity index (χ1v) is 9.11. The van der Waals surface area contributed by atoms with Crippen LogP contribution in [-0.2, 0) is 23.3 Å². The Labute approximate surface area is 170 Å². The molecular weight excluding hydrogens is 390 g/mol. The maximum Gasteiger partial charge on any atom is 0.325 e. The lowest BCUT2D eigenvalue weighted by atomic mass is 9.91. The maximum absolute atomic E-state index is 13.0.